The van der Waals surface area contributed by atoms with E-state index < -0.39 is 5.97 Å². The van der Waals surface area contributed by atoms with Crippen LogP contribution in [0.25, 0.3) is 10.9 Å². The first-order valence-corrected chi connectivity index (χ1v) is 5.80. The summed E-state index contributed by atoms with van der Waals surface area (Å²) in [5.74, 6) is -0.480. The third-order valence-corrected chi connectivity index (χ3v) is 2.75. The second kappa shape index (κ2) is 4.90. The zero-order chi connectivity index (χ0) is 12.4. The van der Waals surface area contributed by atoms with E-state index in [4.69, 9.17) is 27.9 Å². The number of carbonyl (C=O) groups is 1. The summed E-state index contributed by atoms with van der Waals surface area (Å²) in [7, 11) is 0. The van der Waals surface area contributed by atoms with Crippen molar-refractivity contribution in [1.82, 2.24) is 4.98 Å². The van der Waals surface area contributed by atoms with Gasteiger partial charge >= 0.3 is 5.97 Å². The van der Waals surface area contributed by atoms with Gasteiger partial charge in [-0.2, -0.15) is 0 Å². The Balaban J connectivity index is 2.56. The van der Waals surface area contributed by atoms with Crippen molar-refractivity contribution in [2.24, 2.45) is 0 Å². The van der Waals surface area contributed by atoms with Gasteiger partial charge in [0.05, 0.1) is 17.1 Å². The number of halogens is 2. The van der Waals surface area contributed by atoms with Crippen LogP contribution >= 0.6 is 23.2 Å². The van der Waals surface area contributed by atoms with Crippen molar-refractivity contribution in [3.8, 4) is 0 Å². The summed E-state index contributed by atoms with van der Waals surface area (Å²) in [6.45, 7) is 2.04. The van der Waals surface area contributed by atoms with Crippen molar-refractivity contribution in [3.05, 3.63) is 40.0 Å². The highest BCUT2D eigenvalue weighted by Gasteiger charge is 2.12. The molecule has 0 saturated carbocycles. The lowest BCUT2D eigenvalue weighted by Gasteiger charge is -2.05. The van der Waals surface area contributed by atoms with Crippen molar-refractivity contribution in [2.45, 2.75) is 6.92 Å². The van der Waals surface area contributed by atoms with Gasteiger partial charge in [0.25, 0.3) is 0 Å². The van der Waals surface area contributed by atoms with Crippen LogP contribution in [0.15, 0.2) is 24.3 Å². The second-order valence-corrected chi connectivity index (χ2v) is 4.21. The maximum atomic E-state index is 11.5. The van der Waals surface area contributed by atoms with Gasteiger partial charge in [-0.05, 0) is 31.2 Å². The van der Waals surface area contributed by atoms with E-state index in [0.29, 0.717) is 27.6 Å². The fraction of sp³-hybridized carbons (Fsp3) is 0.167. The van der Waals surface area contributed by atoms with E-state index >= 15 is 0 Å². The van der Waals surface area contributed by atoms with Crippen LogP contribution < -0.4 is 0 Å². The first kappa shape index (κ1) is 12.1. The van der Waals surface area contributed by atoms with E-state index in [1.807, 2.05) is 0 Å². The molecule has 0 bridgehead atoms. The van der Waals surface area contributed by atoms with Crippen LogP contribution in [-0.2, 0) is 4.74 Å². The molecular formula is C12H9Cl2NO2. The van der Waals surface area contributed by atoms with Crippen molar-refractivity contribution in [1.29, 1.82) is 0 Å². The summed E-state index contributed by atoms with van der Waals surface area (Å²) in [6.07, 6.45) is 0. The maximum absolute atomic E-state index is 11.5. The maximum Gasteiger partial charge on any atom is 0.356 e. The highest BCUT2D eigenvalue weighted by atomic mass is 35.5. The predicted octanol–water partition coefficient (Wildman–Crippen LogP) is 3.72. The van der Waals surface area contributed by atoms with E-state index in [9.17, 15) is 4.79 Å². The lowest BCUT2D eigenvalue weighted by Crippen LogP contribution is -2.07. The molecule has 1 aromatic heterocycles. The number of esters is 1. The fourth-order valence-electron chi connectivity index (χ4n) is 1.47. The number of rotatable bonds is 2. The van der Waals surface area contributed by atoms with Crippen molar-refractivity contribution >= 4 is 40.1 Å². The zero-order valence-corrected chi connectivity index (χ0v) is 10.5. The third-order valence-electron chi connectivity index (χ3n) is 2.20. The minimum atomic E-state index is -0.480. The molecule has 17 heavy (non-hydrogen) atoms. The van der Waals surface area contributed by atoms with Crippen LogP contribution in [0.5, 0.6) is 0 Å². The van der Waals surface area contributed by atoms with Crippen LogP contribution in [0, 0.1) is 0 Å². The Kier molecular flexibility index (Phi) is 3.50. The topological polar surface area (TPSA) is 39.2 Å². The molecule has 0 N–H and O–H groups in total. The third kappa shape index (κ3) is 2.51. The first-order valence-electron chi connectivity index (χ1n) is 5.04. The molecule has 0 fully saturated rings. The minimum Gasteiger partial charge on any atom is -0.461 e. The molecule has 0 radical (unpaired) electrons. The fourth-order valence-corrected chi connectivity index (χ4v) is 1.89. The molecular weight excluding hydrogens is 261 g/mol. The molecule has 0 saturated heterocycles. The van der Waals surface area contributed by atoms with Gasteiger partial charge in [-0.3, -0.25) is 0 Å². The monoisotopic (exact) mass is 269 g/mol. The smallest absolute Gasteiger partial charge is 0.356 e. The number of aromatic nitrogens is 1. The highest BCUT2D eigenvalue weighted by molar-refractivity contribution is 6.37. The van der Waals surface area contributed by atoms with Crippen LogP contribution in [0.1, 0.15) is 17.4 Å². The summed E-state index contributed by atoms with van der Waals surface area (Å²) < 4.78 is 4.87. The average Bonchev–Trinajstić information content (AvgIpc) is 2.30. The number of fused-ring (bicyclic) bond motifs is 1. The Morgan fingerprint density at radius 3 is 2.82 bits per heavy atom. The summed E-state index contributed by atoms with van der Waals surface area (Å²) >= 11 is 11.9. The quantitative estimate of drug-likeness (QED) is 0.781. The van der Waals surface area contributed by atoms with E-state index in [1.165, 1.54) is 6.07 Å². The summed E-state index contributed by atoms with van der Waals surface area (Å²) in [6, 6.07) is 6.60. The summed E-state index contributed by atoms with van der Waals surface area (Å²) in [5.41, 5.74) is 0.816. The molecule has 2 aromatic rings. The molecule has 1 heterocycles. The van der Waals surface area contributed by atoms with Gasteiger partial charge in [-0.25, -0.2) is 9.78 Å². The number of carbonyl (C=O) groups excluding carboxylic acids is 1. The Labute approximate surface area is 108 Å². The van der Waals surface area contributed by atoms with Crippen LogP contribution in [0.2, 0.25) is 10.0 Å². The van der Waals surface area contributed by atoms with Gasteiger partial charge in [0.15, 0.2) is 5.69 Å². The molecule has 0 amide bonds. The van der Waals surface area contributed by atoms with Crippen molar-refractivity contribution in [3.63, 3.8) is 0 Å². The van der Waals surface area contributed by atoms with Gasteiger partial charge in [0, 0.05) is 10.4 Å². The van der Waals surface area contributed by atoms with Gasteiger partial charge in [0.2, 0.25) is 0 Å². The van der Waals surface area contributed by atoms with E-state index in [2.05, 4.69) is 4.98 Å². The van der Waals surface area contributed by atoms with Crippen LogP contribution in [0.3, 0.4) is 0 Å². The Hall–Kier alpha value is -1.32. The van der Waals surface area contributed by atoms with Gasteiger partial charge in [-0.1, -0.05) is 23.2 Å². The van der Waals surface area contributed by atoms with Gasteiger partial charge in [0.1, 0.15) is 0 Å². The Morgan fingerprint density at radius 2 is 2.12 bits per heavy atom. The van der Waals surface area contributed by atoms with Crippen molar-refractivity contribution < 1.29 is 9.53 Å². The average molecular weight is 270 g/mol. The van der Waals surface area contributed by atoms with Crippen LogP contribution in [-0.4, -0.2) is 17.6 Å². The highest BCUT2D eigenvalue weighted by Crippen LogP contribution is 2.26. The predicted molar refractivity (Wildman–Crippen MR) is 67.7 cm³/mol. The molecule has 0 aliphatic heterocycles. The number of hydrogen-bond donors (Lipinski definition) is 0. The Bertz CT molecular complexity index is 584. The molecule has 5 heteroatoms. The number of ether oxygens (including phenoxy) is 1. The van der Waals surface area contributed by atoms with E-state index in [0.717, 1.165) is 0 Å². The van der Waals surface area contributed by atoms with Gasteiger partial charge < -0.3 is 4.74 Å². The molecule has 1 aromatic carbocycles. The lowest BCUT2D eigenvalue weighted by molar-refractivity contribution is 0.0520. The first-order chi connectivity index (χ1) is 8.11. The Morgan fingerprint density at radius 1 is 1.35 bits per heavy atom. The number of pyridine rings is 1. The zero-order valence-electron chi connectivity index (χ0n) is 9.04. The van der Waals surface area contributed by atoms with E-state index in [-0.39, 0.29) is 5.69 Å². The number of benzene rings is 1. The molecule has 88 valence electrons. The van der Waals surface area contributed by atoms with E-state index in [1.54, 1.807) is 25.1 Å². The molecule has 0 aliphatic rings. The lowest BCUT2D eigenvalue weighted by atomic mass is 10.2. The molecule has 0 spiro atoms. The molecule has 2 rings (SSSR count). The standard InChI is InChI=1S/C12H9Cl2NO2/c1-2-17-12(16)11-6-9(14)8-5-7(13)3-4-10(8)15-11/h3-6H,2H2,1H3. The SMILES string of the molecule is CCOC(=O)c1cc(Cl)c2cc(Cl)ccc2n1. The normalized spacial score (nSPS) is 10.5. The largest absolute Gasteiger partial charge is 0.461 e. The van der Waals surface area contributed by atoms with Crippen molar-refractivity contribution in [2.75, 3.05) is 6.61 Å². The number of nitrogens with zero attached hydrogens (tertiary/aromatic N) is 1. The molecule has 0 unspecified atom stereocenters. The van der Waals surface area contributed by atoms with Crippen LogP contribution in [0.4, 0.5) is 0 Å². The molecule has 0 atom stereocenters. The molecule has 0 aliphatic carbocycles. The summed E-state index contributed by atoms with van der Waals surface area (Å²) in [5, 5.41) is 1.72. The second-order valence-electron chi connectivity index (χ2n) is 3.37. The van der Waals surface area contributed by atoms with Gasteiger partial charge in [-0.15, -0.1) is 0 Å². The number of hydrogen-bond acceptors (Lipinski definition) is 3. The summed E-state index contributed by atoms with van der Waals surface area (Å²) in [4.78, 5) is 15.7. The minimum absolute atomic E-state index is 0.201. The molecule has 3 nitrogen and oxygen atoms in total.